The van der Waals surface area contributed by atoms with Crippen LogP contribution < -0.4 is 15.9 Å². The van der Waals surface area contributed by atoms with Crippen LogP contribution in [0.4, 0.5) is 0 Å². The first-order valence-electron chi connectivity index (χ1n) is 4.70. The second-order valence-corrected chi connectivity index (χ2v) is 4.63. The quantitative estimate of drug-likeness (QED) is 0.675. The van der Waals surface area contributed by atoms with Crippen LogP contribution in [0.3, 0.4) is 0 Å². The van der Waals surface area contributed by atoms with Crippen LogP contribution in [-0.2, 0) is 6.54 Å². The highest BCUT2D eigenvalue weighted by atomic mass is 32.1. The molecule has 1 unspecified atom stereocenters. The molecular weight excluding hydrogens is 198 g/mol. The Morgan fingerprint density at radius 2 is 2.43 bits per heavy atom. The van der Waals surface area contributed by atoms with E-state index < -0.39 is 0 Å². The summed E-state index contributed by atoms with van der Waals surface area (Å²) in [6, 6.07) is 0. The molecule has 0 saturated heterocycles. The number of nitrogens with one attached hydrogen (secondary N) is 2. The molecular formula is C9H17N3OS. The van der Waals surface area contributed by atoms with Crippen LogP contribution in [0.15, 0.2) is 10.2 Å². The number of hydrogen-bond acceptors (Lipinski definition) is 4. The predicted octanol–water partition coefficient (Wildman–Crippen LogP) is 0.653. The van der Waals surface area contributed by atoms with Gasteiger partial charge in [-0.15, -0.1) is 0 Å². The Hall–Kier alpha value is -0.650. The van der Waals surface area contributed by atoms with Crippen molar-refractivity contribution < 1.29 is 0 Å². The van der Waals surface area contributed by atoms with Crippen molar-refractivity contribution in [2.75, 3.05) is 6.54 Å². The van der Waals surface area contributed by atoms with Gasteiger partial charge in [0.25, 0.3) is 0 Å². The Morgan fingerprint density at radius 3 is 2.93 bits per heavy atom. The number of H-pyrrole nitrogens is 1. The molecule has 0 saturated carbocycles. The molecule has 0 fully saturated rings. The van der Waals surface area contributed by atoms with Crippen molar-refractivity contribution in [1.29, 1.82) is 0 Å². The molecule has 1 aromatic rings. The Morgan fingerprint density at radius 1 is 1.71 bits per heavy atom. The molecule has 0 amide bonds. The van der Waals surface area contributed by atoms with Gasteiger partial charge >= 0.3 is 4.87 Å². The van der Waals surface area contributed by atoms with E-state index in [2.05, 4.69) is 17.2 Å². The van der Waals surface area contributed by atoms with E-state index in [1.807, 2.05) is 12.3 Å². The van der Waals surface area contributed by atoms with Gasteiger partial charge in [-0.05, 0) is 13.3 Å². The molecule has 1 aromatic heterocycles. The summed E-state index contributed by atoms with van der Waals surface area (Å²) < 4.78 is 0. The first kappa shape index (κ1) is 11.4. The van der Waals surface area contributed by atoms with Gasteiger partial charge in [0, 0.05) is 29.7 Å². The van der Waals surface area contributed by atoms with Crippen molar-refractivity contribution in [3.8, 4) is 0 Å². The molecule has 0 aromatic carbocycles. The lowest BCUT2D eigenvalue weighted by molar-refractivity contribution is 0.415. The van der Waals surface area contributed by atoms with Crippen molar-refractivity contribution in [1.82, 2.24) is 10.3 Å². The SMILES string of the molecule is CCC(C)(N)CNCc1csc(=O)[nH]1. The lowest BCUT2D eigenvalue weighted by Crippen LogP contribution is -2.45. The maximum Gasteiger partial charge on any atom is 0.304 e. The van der Waals surface area contributed by atoms with E-state index in [4.69, 9.17) is 5.73 Å². The monoisotopic (exact) mass is 215 g/mol. The van der Waals surface area contributed by atoms with Crippen LogP contribution in [0.25, 0.3) is 0 Å². The van der Waals surface area contributed by atoms with E-state index in [1.165, 1.54) is 11.3 Å². The molecule has 4 N–H and O–H groups in total. The van der Waals surface area contributed by atoms with Gasteiger partial charge in [0.1, 0.15) is 0 Å². The van der Waals surface area contributed by atoms with Gasteiger partial charge in [-0.2, -0.15) is 0 Å². The topological polar surface area (TPSA) is 70.9 Å². The summed E-state index contributed by atoms with van der Waals surface area (Å²) in [5, 5.41) is 5.05. The third-order valence-corrected chi connectivity index (χ3v) is 2.94. The molecule has 0 radical (unpaired) electrons. The number of nitrogens with two attached hydrogens (primary N) is 1. The van der Waals surface area contributed by atoms with Gasteiger partial charge in [0.2, 0.25) is 0 Å². The fourth-order valence-electron chi connectivity index (χ4n) is 1.01. The summed E-state index contributed by atoms with van der Waals surface area (Å²) in [5.74, 6) is 0. The minimum Gasteiger partial charge on any atom is -0.324 e. The molecule has 0 bridgehead atoms. The largest absolute Gasteiger partial charge is 0.324 e. The normalized spacial score (nSPS) is 15.4. The minimum atomic E-state index is -0.170. The van der Waals surface area contributed by atoms with Crippen LogP contribution in [0.2, 0.25) is 0 Å². The van der Waals surface area contributed by atoms with Crippen molar-refractivity contribution >= 4 is 11.3 Å². The minimum absolute atomic E-state index is 0.00667. The maximum absolute atomic E-state index is 10.8. The van der Waals surface area contributed by atoms with Gasteiger partial charge in [-0.25, -0.2) is 0 Å². The van der Waals surface area contributed by atoms with E-state index in [0.717, 1.165) is 18.7 Å². The van der Waals surface area contributed by atoms with Gasteiger partial charge in [0.15, 0.2) is 0 Å². The number of thiazole rings is 1. The second kappa shape index (κ2) is 4.72. The molecule has 0 aliphatic rings. The average Bonchev–Trinajstić information content (AvgIpc) is 2.51. The zero-order valence-electron chi connectivity index (χ0n) is 8.59. The highest BCUT2D eigenvalue weighted by Gasteiger charge is 2.14. The predicted molar refractivity (Wildman–Crippen MR) is 59.5 cm³/mol. The van der Waals surface area contributed by atoms with E-state index in [1.54, 1.807) is 0 Å². The number of hydrogen-bond donors (Lipinski definition) is 3. The van der Waals surface area contributed by atoms with Gasteiger partial charge < -0.3 is 16.0 Å². The molecule has 0 spiro atoms. The smallest absolute Gasteiger partial charge is 0.304 e. The van der Waals surface area contributed by atoms with Crippen molar-refractivity contribution in [2.24, 2.45) is 5.73 Å². The third-order valence-electron chi connectivity index (χ3n) is 2.22. The molecule has 5 heteroatoms. The lowest BCUT2D eigenvalue weighted by atomic mass is 10.0. The van der Waals surface area contributed by atoms with Crippen molar-refractivity contribution in [3.63, 3.8) is 0 Å². The molecule has 0 aliphatic carbocycles. The Balaban J connectivity index is 2.32. The fraction of sp³-hybridized carbons (Fsp3) is 0.667. The Bertz CT molecular complexity index is 329. The molecule has 4 nitrogen and oxygen atoms in total. The van der Waals surface area contributed by atoms with Crippen LogP contribution in [0, 0.1) is 0 Å². The highest BCUT2D eigenvalue weighted by Crippen LogP contribution is 2.02. The summed E-state index contributed by atoms with van der Waals surface area (Å²) in [5.41, 5.74) is 6.71. The molecule has 1 atom stereocenters. The summed E-state index contributed by atoms with van der Waals surface area (Å²) >= 11 is 1.19. The fourth-order valence-corrected chi connectivity index (χ4v) is 1.59. The van der Waals surface area contributed by atoms with Crippen LogP contribution in [0.1, 0.15) is 26.0 Å². The van der Waals surface area contributed by atoms with E-state index >= 15 is 0 Å². The van der Waals surface area contributed by atoms with Gasteiger partial charge in [-0.1, -0.05) is 18.3 Å². The van der Waals surface area contributed by atoms with Crippen molar-refractivity contribution in [2.45, 2.75) is 32.4 Å². The molecule has 1 rings (SSSR count). The standard InChI is InChI=1S/C9H17N3OS/c1-3-9(2,10)6-11-4-7-5-14-8(13)12-7/h5,11H,3-4,6,10H2,1-2H3,(H,12,13). The number of aromatic amines is 1. The van der Waals surface area contributed by atoms with Crippen molar-refractivity contribution in [3.05, 3.63) is 20.7 Å². The van der Waals surface area contributed by atoms with E-state index in [9.17, 15) is 4.79 Å². The van der Waals surface area contributed by atoms with Gasteiger partial charge in [-0.3, -0.25) is 4.79 Å². The maximum atomic E-state index is 10.8. The van der Waals surface area contributed by atoms with Crippen LogP contribution >= 0.6 is 11.3 Å². The zero-order chi connectivity index (χ0) is 10.6. The summed E-state index contributed by atoms with van der Waals surface area (Å²) in [6.07, 6.45) is 0.931. The zero-order valence-corrected chi connectivity index (χ0v) is 9.41. The Kier molecular flexibility index (Phi) is 3.86. The molecule has 80 valence electrons. The van der Waals surface area contributed by atoms with E-state index in [-0.39, 0.29) is 10.4 Å². The highest BCUT2D eigenvalue weighted by molar-refractivity contribution is 7.07. The third kappa shape index (κ3) is 3.61. The van der Waals surface area contributed by atoms with Gasteiger partial charge in [0.05, 0.1) is 0 Å². The number of rotatable bonds is 5. The average molecular weight is 215 g/mol. The molecule has 1 heterocycles. The van der Waals surface area contributed by atoms with Crippen LogP contribution in [-0.4, -0.2) is 17.1 Å². The van der Waals surface area contributed by atoms with Crippen LogP contribution in [0.5, 0.6) is 0 Å². The summed E-state index contributed by atoms with van der Waals surface area (Å²) in [4.78, 5) is 13.6. The summed E-state index contributed by atoms with van der Waals surface area (Å²) in [6.45, 7) is 5.50. The first-order chi connectivity index (χ1) is 6.53. The summed E-state index contributed by atoms with van der Waals surface area (Å²) in [7, 11) is 0. The molecule has 0 aliphatic heterocycles. The number of aromatic nitrogens is 1. The lowest BCUT2D eigenvalue weighted by Gasteiger charge is -2.22. The van der Waals surface area contributed by atoms with E-state index in [0.29, 0.717) is 6.54 Å². The Labute approximate surface area is 87.5 Å². The first-order valence-corrected chi connectivity index (χ1v) is 5.58. The second-order valence-electron chi connectivity index (χ2n) is 3.78. The molecule has 14 heavy (non-hydrogen) atoms.